The molecule has 0 aliphatic carbocycles. The van der Waals surface area contributed by atoms with Gasteiger partial charge in [-0.1, -0.05) is 36.4 Å². The van der Waals surface area contributed by atoms with Crippen molar-refractivity contribution in [2.24, 2.45) is 11.8 Å². The Labute approximate surface area is 174 Å². The molecule has 3 atom stereocenters. The van der Waals surface area contributed by atoms with E-state index in [4.69, 9.17) is 0 Å². The quantitative estimate of drug-likeness (QED) is 0.763. The Morgan fingerprint density at radius 1 is 1.03 bits per heavy atom. The van der Waals surface area contributed by atoms with E-state index in [1.165, 1.54) is 12.1 Å². The van der Waals surface area contributed by atoms with Gasteiger partial charge in [-0.25, -0.2) is 0 Å². The van der Waals surface area contributed by atoms with Crippen LogP contribution in [0.5, 0.6) is 5.75 Å². The number of carbonyl (C=O) groups excluding carboxylic acids is 2. The summed E-state index contributed by atoms with van der Waals surface area (Å²) >= 11 is 0. The van der Waals surface area contributed by atoms with E-state index in [-0.39, 0.29) is 41.0 Å². The van der Waals surface area contributed by atoms with Crippen LogP contribution in [0.15, 0.2) is 48.5 Å². The van der Waals surface area contributed by atoms with Crippen LogP contribution in [0.1, 0.15) is 34.5 Å². The minimum atomic E-state index is -2.99. The number of fused-ring (bicyclic) bond motifs is 1. The van der Waals surface area contributed by atoms with Gasteiger partial charge >= 0.3 is 6.61 Å². The molecule has 5 nitrogen and oxygen atoms in total. The molecule has 0 aromatic heterocycles. The maximum atomic E-state index is 13.1. The van der Waals surface area contributed by atoms with Gasteiger partial charge in [0.2, 0.25) is 5.91 Å². The normalized spacial score (nSPS) is 23.0. The fraction of sp³-hybridized carbons (Fsp3) is 0.391. The van der Waals surface area contributed by atoms with E-state index < -0.39 is 6.61 Å². The van der Waals surface area contributed by atoms with E-state index in [0.717, 1.165) is 11.1 Å². The molecule has 7 heteroatoms. The smallest absolute Gasteiger partial charge is 0.387 e. The van der Waals surface area contributed by atoms with Crippen molar-refractivity contribution in [3.05, 3.63) is 65.2 Å². The average Bonchev–Trinajstić information content (AvgIpc) is 3.26. The van der Waals surface area contributed by atoms with Crippen LogP contribution in [0.3, 0.4) is 0 Å². The number of hydrogen-bond donors (Lipinski definition) is 0. The summed E-state index contributed by atoms with van der Waals surface area (Å²) in [7, 11) is 0. The molecule has 158 valence electrons. The molecule has 0 radical (unpaired) electrons. The Balaban J connectivity index is 1.60. The highest BCUT2D eigenvalue weighted by Gasteiger charge is 2.49. The van der Waals surface area contributed by atoms with Gasteiger partial charge in [-0.2, -0.15) is 8.78 Å². The lowest BCUT2D eigenvalue weighted by atomic mass is 9.87. The molecule has 2 amide bonds. The molecule has 2 heterocycles. The van der Waals surface area contributed by atoms with Crippen LogP contribution in [-0.4, -0.2) is 47.9 Å². The van der Waals surface area contributed by atoms with Gasteiger partial charge in [0.05, 0.1) is 11.6 Å². The molecule has 2 aliphatic heterocycles. The molecule has 0 saturated carbocycles. The molecule has 2 saturated heterocycles. The first-order valence-corrected chi connectivity index (χ1v) is 10.0. The topological polar surface area (TPSA) is 49.9 Å². The minimum absolute atomic E-state index is 0.0196. The van der Waals surface area contributed by atoms with Gasteiger partial charge in [0.25, 0.3) is 5.91 Å². The number of likely N-dealkylation sites (tertiary alicyclic amines) is 2. The van der Waals surface area contributed by atoms with E-state index in [2.05, 4.69) is 4.74 Å². The lowest BCUT2D eigenvalue weighted by Gasteiger charge is -2.30. The number of alkyl halides is 2. The number of aryl methyl sites for hydroxylation is 1. The van der Waals surface area contributed by atoms with Crippen molar-refractivity contribution in [1.82, 2.24) is 9.80 Å². The highest BCUT2D eigenvalue weighted by Crippen LogP contribution is 2.46. The van der Waals surface area contributed by atoms with Crippen LogP contribution >= 0.6 is 0 Å². The number of ether oxygens (including phenoxy) is 1. The number of rotatable bonds is 4. The zero-order valence-corrected chi connectivity index (χ0v) is 16.9. The van der Waals surface area contributed by atoms with E-state index in [1.807, 2.05) is 36.1 Å². The second-order valence-corrected chi connectivity index (χ2v) is 7.98. The third-order valence-electron chi connectivity index (χ3n) is 6.20. The third kappa shape index (κ3) is 3.64. The van der Waals surface area contributed by atoms with Gasteiger partial charge in [-0.05, 0) is 30.2 Å². The van der Waals surface area contributed by atoms with Crippen LogP contribution < -0.4 is 4.74 Å². The van der Waals surface area contributed by atoms with Crippen molar-refractivity contribution < 1.29 is 23.1 Å². The molecule has 2 aromatic carbocycles. The first kappa shape index (κ1) is 20.3. The second-order valence-electron chi connectivity index (χ2n) is 7.98. The Kier molecular flexibility index (Phi) is 5.45. The summed E-state index contributed by atoms with van der Waals surface area (Å²) < 4.78 is 30.0. The molecule has 4 rings (SSSR count). The van der Waals surface area contributed by atoms with E-state index in [9.17, 15) is 18.4 Å². The SMILES string of the molecule is CC(=O)N1C[C@H]2CN(C(=O)c3ccccc3OC(F)F)C[C@H]2[C@@H]1c1ccccc1C. The maximum absolute atomic E-state index is 13.1. The summed E-state index contributed by atoms with van der Waals surface area (Å²) in [5.74, 6) is -0.173. The highest BCUT2D eigenvalue weighted by atomic mass is 19.3. The maximum Gasteiger partial charge on any atom is 0.387 e. The average molecular weight is 414 g/mol. The van der Waals surface area contributed by atoms with Gasteiger partial charge in [0.1, 0.15) is 5.75 Å². The van der Waals surface area contributed by atoms with Crippen molar-refractivity contribution >= 4 is 11.8 Å². The fourth-order valence-corrected chi connectivity index (χ4v) is 4.86. The molecule has 0 N–H and O–H groups in total. The highest BCUT2D eigenvalue weighted by molar-refractivity contribution is 5.97. The molecular weight excluding hydrogens is 390 g/mol. The lowest BCUT2D eigenvalue weighted by molar-refractivity contribution is -0.130. The number of nitrogens with zero attached hydrogens (tertiary/aromatic N) is 2. The molecule has 0 bridgehead atoms. The summed E-state index contributed by atoms with van der Waals surface area (Å²) in [5.41, 5.74) is 2.33. The van der Waals surface area contributed by atoms with Crippen molar-refractivity contribution in [1.29, 1.82) is 0 Å². The largest absolute Gasteiger partial charge is 0.434 e. The monoisotopic (exact) mass is 414 g/mol. The van der Waals surface area contributed by atoms with Crippen molar-refractivity contribution in [2.75, 3.05) is 19.6 Å². The standard InChI is InChI=1S/C23H24F2N2O3/c1-14-7-3-4-8-17(14)21-19-13-26(11-16(19)12-27(21)15(2)28)22(29)18-9-5-6-10-20(18)30-23(24)25/h3-10,16,19,21,23H,11-13H2,1-2H3/t16-,19-,21+/m1/s1. The molecule has 2 aromatic rings. The number of carbonyl (C=O) groups is 2. The van der Waals surface area contributed by atoms with Gasteiger partial charge < -0.3 is 14.5 Å². The molecule has 0 unspecified atom stereocenters. The number of hydrogen-bond acceptors (Lipinski definition) is 3. The van der Waals surface area contributed by atoms with E-state index in [0.29, 0.717) is 19.6 Å². The number of para-hydroxylation sites is 1. The predicted octanol–water partition coefficient (Wildman–Crippen LogP) is 3.89. The third-order valence-corrected chi connectivity index (χ3v) is 6.20. The first-order valence-electron chi connectivity index (χ1n) is 10.0. The van der Waals surface area contributed by atoms with E-state index in [1.54, 1.807) is 24.0 Å². The number of benzene rings is 2. The van der Waals surface area contributed by atoms with Gasteiger partial charge in [-0.3, -0.25) is 9.59 Å². The van der Waals surface area contributed by atoms with Gasteiger partial charge in [-0.15, -0.1) is 0 Å². The van der Waals surface area contributed by atoms with Crippen LogP contribution in [0.2, 0.25) is 0 Å². The summed E-state index contributed by atoms with van der Waals surface area (Å²) in [6.45, 7) is 2.14. The van der Waals surface area contributed by atoms with Crippen LogP contribution in [0.4, 0.5) is 8.78 Å². The second kappa shape index (κ2) is 8.05. The van der Waals surface area contributed by atoms with Crippen LogP contribution in [0.25, 0.3) is 0 Å². The predicted molar refractivity (Wildman–Crippen MR) is 107 cm³/mol. The minimum Gasteiger partial charge on any atom is -0.434 e. The van der Waals surface area contributed by atoms with Crippen LogP contribution in [-0.2, 0) is 4.79 Å². The van der Waals surface area contributed by atoms with Crippen molar-refractivity contribution in [3.63, 3.8) is 0 Å². The Morgan fingerprint density at radius 2 is 1.73 bits per heavy atom. The number of halogens is 2. The van der Waals surface area contributed by atoms with Crippen LogP contribution in [0, 0.1) is 18.8 Å². The summed E-state index contributed by atoms with van der Waals surface area (Å²) in [4.78, 5) is 29.0. The fourth-order valence-electron chi connectivity index (χ4n) is 4.86. The molecule has 30 heavy (non-hydrogen) atoms. The Hall–Kier alpha value is -2.96. The number of amides is 2. The molecular formula is C23H24F2N2O3. The molecule has 2 fully saturated rings. The first-order chi connectivity index (χ1) is 14.4. The van der Waals surface area contributed by atoms with E-state index >= 15 is 0 Å². The Bertz CT molecular complexity index is 965. The summed E-state index contributed by atoms with van der Waals surface area (Å²) in [6, 6.07) is 14.0. The summed E-state index contributed by atoms with van der Waals surface area (Å²) in [6.07, 6.45) is 0. The van der Waals surface area contributed by atoms with Gasteiger partial charge in [0.15, 0.2) is 0 Å². The zero-order chi connectivity index (χ0) is 21.4. The van der Waals surface area contributed by atoms with Crippen molar-refractivity contribution in [3.8, 4) is 5.75 Å². The molecule has 2 aliphatic rings. The Morgan fingerprint density at radius 3 is 2.43 bits per heavy atom. The lowest BCUT2D eigenvalue weighted by Crippen LogP contribution is -2.36. The molecule has 0 spiro atoms. The van der Waals surface area contributed by atoms with Crippen molar-refractivity contribution in [2.45, 2.75) is 26.5 Å². The van der Waals surface area contributed by atoms with Gasteiger partial charge in [0, 0.05) is 38.4 Å². The zero-order valence-electron chi connectivity index (χ0n) is 16.9. The summed E-state index contributed by atoms with van der Waals surface area (Å²) in [5, 5.41) is 0.